The van der Waals surface area contributed by atoms with Gasteiger partial charge in [-0.2, -0.15) is 0 Å². The van der Waals surface area contributed by atoms with Crippen molar-refractivity contribution in [2.75, 3.05) is 6.61 Å². The average Bonchev–Trinajstić information content (AvgIpc) is 3.27. The summed E-state index contributed by atoms with van der Waals surface area (Å²) in [6.45, 7) is 21.1. The van der Waals surface area contributed by atoms with Gasteiger partial charge in [0, 0.05) is 16.1 Å². The zero-order valence-electron chi connectivity index (χ0n) is 27.4. The molecule has 0 N–H and O–H groups in total. The molecule has 1 nitrogen and oxygen atoms in total. The Morgan fingerprint density at radius 2 is 1.20 bits per heavy atom. The number of benzene rings is 3. The van der Waals surface area contributed by atoms with Gasteiger partial charge >= 0.3 is 0 Å². The predicted molar refractivity (Wildman–Crippen MR) is 184 cm³/mol. The zero-order valence-corrected chi connectivity index (χ0v) is 28.8. The average molecular weight is 567 g/mol. The lowest BCUT2D eigenvalue weighted by Crippen LogP contribution is -2.19. The van der Waals surface area contributed by atoms with Gasteiger partial charge in [0.2, 0.25) is 0 Å². The minimum Gasteiger partial charge on any atom is -0.376 e. The normalized spacial score (nSPS) is 15.9. The summed E-state index contributed by atoms with van der Waals surface area (Å²) >= 11 is 0. The van der Waals surface area contributed by atoms with E-state index in [0.29, 0.717) is 5.54 Å². The van der Waals surface area contributed by atoms with Crippen molar-refractivity contribution in [3.63, 3.8) is 0 Å². The molecular formula is C39H54OSi. The quantitative estimate of drug-likeness (QED) is 0.175. The Balaban J connectivity index is 1.55. The maximum Gasteiger partial charge on any atom is 0.0598 e. The van der Waals surface area contributed by atoms with Gasteiger partial charge in [-0.1, -0.05) is 134 Å². The van der Waals surface area contributed by atoms with Crippen molar-refractivity contribution in [3.8, 4) is 11.1 Å². The van der Waals surface area contributed by atoms with E-state index in [4.69, 9.17) is 4.74 Å². The molecule has 1 aliphatic rings. The van der Waals surface area contributed by atoms with Crippen molar-refractivity contribution in [1.29, 1.82) is 0 Å². The molecule has 0 saturated heterocycles. The Labute approximate surface area is 253 Å². The van der Waals surface area contributed by atoms with Gasteiger partial charge < -0.3 is 4.74 Å². The summed E-state index contributed by atoms with van der Waals surface area (Å²) in [7, 11) is -0.332. The number of fused-ring (bicyclic) bond motifs is 1. The molecule has 0 fully saturated rings. The molecule has 41 heavy (non-hydrogen) atoms. The molecular weight excluding hydrogens is 513 g/mol. The van der Waals surface area contributed by atoms with Gasteiger partial charge in [0.15, 0.2) is 0 Å². The molecule has 1 atom stereocenters. The fourth-order valence-corrected chi connectivity index (χ4v) is 8.37. The van der Waals surface area contributed by atoms with Crippen LogP contribution in [-0.4, -0.2) is 21.7 Å². The van der Waals surface area contributed by atoms with E-state index in [9.17, 15) is 0 Å². The largest absolute Gasteiger partial charge is 0.376 e. The molecule has 0 radical (unpaired) electrons. The van der Waals surface area contributed by atoms with Crippen LogP contribution >= 0.6 is 0 Å². The molecule has 0 amide bonds. The molecule has 1 unspecified atom stereocenters. The number of unbranched alkanes of at least 4 members (excludes halogenated alkanes) is 3. The zero-order chi connectivity index (χ0) is 29.8. The second-order valence-corrected chi connectivity index (χ2v) is 17.2. The number of hydrogen-bond acceptors (Lipinski definition) is 1. The molecule has 4 rings (SSSR count). The third-order valence-electron chi connectivity index (χ3n) is 8.51. The summed E-state index contributed by atoms with van der Waals surface area (Å²) in [5.74, 6) is 0. The highest BCUT2D eigenvalue weighted by atomic mass is 28.2. The molecule has 3 aromatic rings. The summed E-state index contributed by atoms with van der Waals surface area (Å²) in [4.78, 5) is 0. The smallest absolute Gasteiger partial charge is 0.0598 e. The minimum atomic E-state index is -0.332. The van der Waals surface area contributed by atoms with Gasteiger partial charge in [-0.15, -0.1) is 0 Å². The van der Waals surface area contributed by atoms with E-state index in [0.717, 1.165) is 6.61 Å². The second kappa shape index (κ2) is 12.8. The Kier molecular flexibility index (Phi) is 9.87. The topological polar surface area (TPSA) is 9.23 Å². The van der Waals surface area contributed by atoms with Gasteiger partial charge in [0.05, 0.1) is 5.60 Å². The lowest BCUT2D eigenvalue weighted by Gasteiger charge is -2.21. The molecule has 2 heteroatoms. The first-order chi connectivity index (χ1) is 19.2. The van der Waals surface area contributed by atoms with Gasteiger partial charge in [-0.05, 0) is 94.2 Å². The van der Waals surface area contributed by atoms with Crippen LogP contribution in [0.2, 0.25) is 6.04 Å². The standard InChI is InChI=1S/C39H54OSi/c1-37(2,3)30-21-17-28(18-22-30)32-15-14-16-33-35(32)27-34(29-19-23-31(24-20-29)38(4,5)6)36(33)41-26-13-11-10-12-25-40-39(7,8)9/h14-24,27,36H,10-13,25-26,41H2,1-9H3. The van der Waals surface area contributed by atoms with Crippen molar-refractivity contribution in [2.24, 2.45) is 0 Å². The molecule has 0 saturated carbocycles. The van der Waals surface area contributed by atoms with Crippen molar-refractivity contribution < 1.29 is 4.74 Å². The van der Waals surface area contributed by atoms with E-state index < -0.39 is 0 Å². The number of ether oxygens (including phenoxy) is 1. The number of allylic oxidation sites excluding steroid dienone is 1. The van der Waals surface area contributed by atoms with E-state index in [1.807, 2.05) is 0 Å². The van der Waals surface area contributed by atoms with E-state index in [1.54, 1.807) is 11.1 Å². The van der Waals surface area contributed by atoms with Gasteiger partial charge in [0.25, 0.3) is 0 Å². The molecule has 0 bridgehead atoms. The van der Waals surface area contributed by atoms with Crippen LogP contribution in [0.1, 0.15) is 121 Å². The molecule has 0 heterocycles. The molecule has 0 aliphatic heterocycles. The Hall–Kier alpha value is -2.42. The van der Waals surface area contributed by atoms with Crippen LogP contribution in [0.15, 0.2) is 66.7 Å². The first-order valence-electron chi connectivity index (χ1n) is 15.9. The number of hydrogen-bond donors (Lipinski definition) is 0. The van der Waals surface area contributed by atoms with Crippen molar-refractivity contribution >= 4 is 21.2 Å². The maximum absolute atomic E-state index is 5.92. The first kappa shape index (κ1) is 31.5. The molecule has 220 valence electrons. The Bertz CT molecular complexity index is 1310. The van der Waals surface area contributed by atoms with Crippen LogP contribution in [0.25, 0.3) is 22.8 Å². The van der Waals surface area contributed by atoms with Gasteiger partial charge in [-0.25, -0.2) is 0 Å². The Morgan fingerprint density at radius 1 is 0.634 bits per heavy atom. The predicted octanol–water partition coefficient (Wildman–Crippen LogP) is 10.5. The summed E-state index contributed by atoms with van der Waals surface area (Å²) in [5, 5.41) is 0. The van der Waals surface area contributed by atoms with Crippen molar-refractivity contribution in [2.45, 2.75) is 116 Å². The van der Waals surface area contributed by atoms with Crippen LogP contribution in [0.4, 0.5) is 0 Å². The highest BCUT2D eigenvalue weighted by Gasteiger charge is 2.28. The lowest BCUT2D eigenvalue weighted by molar-refractivity contribution is -0.00471. The molecule has 1 aliphatic carbocycles. The highest BCUT2D eigenvalue weighted by molar-refractivity contribution is 6.43. The third-order valence-corrected chi connectivity index (χ3v) is 10.9. The van der Waals surface area contributed by atoms with E-state index in [2.05, 4.69) is 135 Å². The lowest BCUT2D eigenvalue weighted by atomic mass is 9.86. The van der Waals surface area contributed by atoms with Gasteiger partial charge in [-0.3, -0.25) is 0 Å². The van der Waals surface area contributed by atoms with Crippen LogP contribution in [0, 0.1) is 0 Å². The maximum atomic E-state index is 5.92. The summed E-state index contributed by atoms with van der Waals surface area (Å²) in [6, 6.07) is 27.2. The number of rotatable bonds is 10. The monoisotopic (exact) mass is 566 g/mol. The van der Waals surface area contributed by atoms with Crippen LogP contribution in [0.5, 0.6) is 0 Å². The van der Waals surface area contributed by atoms with Crippen LogP contribution < -0.4 is 0 Å². The van der Waals surface area contributed by atoms with E-state index >= 15 is 0 Å². The van der Waals surface area contributed by atoms with Gasteiger partial charge in [0.1, 0.15) is 0 Å². The summed E-state index contributed by atoms with van der Waals surface area (Å²) < 4.78 is 5.92. The first-order valence-corrected chi connectivity index (χ1v) is 17.8. The van der Waals surface area contributed by atoms with E-state index in [-0.39, 0.29) is 26.0 Å². The highest BCUT2D eigenvalue weighted by Crippen LogP contribution is 2.46. The second-order valence-electron chi connectivity index (χ2n) is 15.1. The van der Waals surface area contributed by atoms with Crippen molar-refractivity contribution in [1.82, 2.24) is 0 Å². The fourth-order valence-electron chi connectivity index (χ4n) is 5.99. The fraction of sp³-hybridized carbons (Fsp3) is 0.487. The summed E-state index contributed by atoms with van der Waals surface area (Å²) in [6.07, 6.45) is 7.65. The van der Waals surface area contributed by atoms with Crippen molar-refractivity contribution in [3.05, 3.63) is 94.5 Å². The molecule has 0 aromatic heterocycles. The SMILES string of the molecule is CC(C)(C)OCCCCCC[SiH2]C1C(c2ccc(C(C)(C)C)cc2)=Cc2c(-c3ccc(C(C)(C)C)cc3)cccc21. The Morgan fingerprint density at radius 3 is 1.76 bits per heavy atom. The minimum absolute atomic E-state index is 0.0237. The third kappa shape index (κ3) is 8.33. The molecule has 3 aromatic carbocycles. The van der Waals surface area contributed by atoms with Crippen LogP contribution in [0.3, 0.4) is 0 Å². The van der Waals surface area contributed by atoms with E-state index in [1.165, 1.54) is 65.1 Å². The molecule has 0 spiro atoms. The summed E-state index contributed by atoms with van der Waals surface area (Å²) in [5.41, 5.74) is 12.3. The van der Waals surface area contributed by atoms with Crippen LogP contribution in [-0.2, 0) is 15.6 Å².